The smallest absolute Gasteiger partial charge is 0.326 e. The van der Waals surface area contributed by atoms with Crippen LogP contribution in [0.3, 0.4) is 0 Å². The van der Waals surface area contributed by atoms with Crippen LogP contribution in [-0.4, -0.2) is 54.9 Å². The summed E-state index contributed by atoms with van der Waals surface area (Å²) in [5, 5.41) is 2.36. The zero-order valence-electron chi connectivity index (χ0n) is 21.6. The number of fused-ring (bicyclic) bond motifs is 4. The largest absolute Gasteiger partial charge is 0.469 e. The minimum absolute atomic E-state index is 0.0252. The maximum atomic E-state index is 13.0. The van der Waals surface area contributed by atoms with Gasteiger partial charge >= 0.3 is 12.0 Å². The summed E-state index contributed by atoms with van der Waals surface area (Å²) in [6, 6.07) is 28.9. The van der Waals surface area contributed by atoms with E-state index in [2.05, 4.69) is 5.32 Å². The van der Waals surface area contributed by atoms with Gasteiger partial charge in [-0.2, -0.15) is 0 Å². The number of methoxy groups -OCH3 is 1. The number of urea groups is 1. The third-order valence-corrected chi connectivity index (χ3v) is 8.18. The Morgan fingerprint density at radius 1 is 0.923 bits per heavy atom. The van der Waals surface area contributed by atoms with Crippen molar-refractivity contribution in [3.8, 4) is 0 Å². The van der Waals surface area contributed by atoms with Gasteiger partial charge in [0.1, 0.15) is 11.8 Å². The molecular weight excluding hydrogens is 496 g/mol. The number of nitrogens with one attached hydrogen (secondary N) is 1. The lowest BCUT2D eigenvalue weighted by atomic mass is 9.75. The molecule has 39 heavy (non-hydrogen) atoms. The van der Waals surface area contributed by atoms with Crippen molar-refractivity contribution in [1.29, 1.82) is 0 Å². The molecule has 3 aliphatic rings. The summed E-state index contributed by atoms with van der Waals surface area (Å²) in [7, 11) is 1.33. The Bertz CT molecular complexity index is 1250. The predicted molar refractivity (Wildman–Crippen MR) is 141 cm³/mol. The van der Waals surface area contributed by atoms with Crippen LogP contribution in [0.2, 0.25) is 0 Å². The SMILES string of the molecule is COC(=O)C1C2CC(=O)NC(=O)N2[C@H]2C[C@@H]1[C@H](COC(c1ccccc1)(c1ccccc1)c1ccccc1)O2. The number of amides is 3. The number of carbonyl (C=O) groups is 3. The highest BCUT2D eigenvalue weighted by atomic mass is 16.6. The van der Waals surface area contributed by atoms with E-state index in [1.807, 2.05) is 91.0 Å². The van der Waals surface area contributed by atoms with Gasteiger partial charge in [-0.1, -0.05) is 91.0 Å². The van der Waals surface area contributed by atoms with Crippen molar-refractivity contribution in [3.05, 3.63) is 108 Å². The second-order valence-corrected chi connectivity index (χ2v) is 10.2. The highest BCUT2D eigenvalue weighted by Gasteiger charge is 2.59. The summed E-state index contributed by atoms with van der Waals surface area (Å²) in [4.78, 5) is 39.6. The van der Waals surface area contributed by atoms with E-state index in [0.717, 1.165) is 16.7 Å². The first-order valence-corrected chi connectivity index (χ1v) is 13.2. The first kappa shape index (κ1) is 25.3. The molecule has 8 heteroatoms. The minimum Gasteiger partial charge on any atom is -0.469 e. The standard InChI is InChI=1S/C31H30N2O6/c1-37-29(35)28-23-17-27(33-24(28)18-26(34)32-30(33)36)39-25(23)19-38-31(20-11-5-2-6-12-20,21-13-7-3-8-14-21)22-15-9-4-10-16-22/h2-16,23-25,27-28H,17-19H2,1H3,(H,32,34,36)/t23-,24?,25+,27-,28?/m1/s1. The number of nitrogens with zero attached hydrogens (tertiary/aromatic N) is 1. The van der Waals surface area contributed by atoms with E-state index in [0.29, 0.717) is 6.42 Å². The number of piperidine rings is 1. The number of hydrogen-bond donors (Lipinski definition) is 1. The third kappa shape index (κ3) is 4.30. The minimum atomic E-state index is -0.953. The normalized spacial score (nSPS) is 26.1. The number of esters is 1. The van der Waals surface area contributed by atoms with Crippen molar-refractivity contribution in [1.82, 2.24) is 10.2 Å². The van der Waals surface area contributed by atoms with Crippen molar-refractivity contribution in [2.75, 3.05) is 13.7 Å². The van der Waals surface area contributed by atoms with Gasteiger partial charge < -0.3 is 14.2 Å². The first-order chi connectivity index (χ1) is 19.0. The molecule has 3 saturated heterocycles. The lowest BCUT2D eigenvalue weighted by Crippen LogP contribution is -2.64. The molecule has 0 aromatic heterocycles. The topological polar surface area (TPSA) is 94.2 Å². The second kappa shape index (κ2) is 10.3. The van der Waals surface area contributed by atoms with Crippen molar-refractivity contribution in [2.24, 2.45) is 11.8 Å². The van der Waals surface area contributed by atoms with Gasteiger partial charge in [-0.15, -0.1) is 0 Å². The Kier molecular flexibility index (Phi) is 6.66. The van der Waals surface area contributed by atoms with Gasteiger partial charge in [0.2, 0.25) is 5.91 Å². The van der Waals surface area contributed by atoms with Crippen LogP contribution in [0.25, 0.3) is 0 Å². The Morgan fingerprint density at radius 3 is 1.97 bits per heavy atom. The van der Waals surface area contributed by atoms with E-state index >= 15 is 0 Å². The average Bonchev–Trinajstić information content (AvgIpc) is 3.32. The van der Waals surface area contributed by atoms with Crippen molar-refractivity contribution in [3.63, 3.8) is 0 Å². The summed E-state index contributed by atoms with van der Waals surface area (Å²) >= 11 is 0. The molecule has 1 N–H and O–H groups in total. The van der Waals surface area contributed by atoms with Crippen LogP contribution >= 0.6 is 0 Å². The average molecular weight is 527 g/mol. The molecule has 2 unspecified atom stereocenters. The van der Waals surface area contributed by atoms with Gasteiger partial charge in [-0.3, -0.25) is 19.8 Å². The fourth-order valence-electron chi connectivity index (χ4n) is 6.51. The molecule has 3 aromatic carbocycles. The van der Waals surface area contributed by atoms with Crippen molar-refractivity contribution < 1.29 is 28.6 Å². The maximum absolute atomic E-state index is 13.0. The molecule has 3 heterocycles. The maximum Gasteiger partial charge on any atom is 0.326 e. The highest BCUT2D eigenvalue weighted by molar-refractivity contribution is 5.98. The number of hydrogen-bond acceptors (Lipinski definition) is 6. The van der Waals surface area contributed by atoms with Gasteiger partial charge in [-0.05, 0) is 23.1 Å². The molecule has 0 saturated carbocycles. The zero-order chi connectivity index (χ0) is 27.0. The van der Waals surface area contributed by atoms with E-state index in [4.69, 9.17) is 14.2 Å². The molecule has 3 fully saturated rings. The molecule has 0 spiro atoms. The quantitative estimate of drug-likeness (QED) is 0.372. The van der Waals surface area contributed by atoms with Crippen LogP contribution < -0.4 is 5.32 Å². The summed E-state index contributed by atoms with van der Waals surface area (Å²) in [6.45, 7) is 0.156. The Hall–Kier alpha value is -4.01. The summed E-state index contributed by atoms with van der Waals surface area (Å²) in [5.41, 5.74) is 1.91. The number of ether oxygens (including phenoxy) is 3. The van der Waals surface area contributed by atoms with Crippen LogP contribution in [0.5, 0.6) is 0 Å². The van der Waals surface area contributed by atoms with E-state index < -0.39 is 47.8 Å². The molecule has 8 nitrogen and oxygen atoms in total. The molecule has 6 rings (SSSR count). The van der Waals surface area contributed by atoms with E-state index in [-0.39, 0.29) is 18.9 Å². The highest BCUT2D eigenvalue weighted by Crippen LogP contribution is 2.47. The van der Waals surface area contributed by atoms with E-state index in [1.54, 1.807) is 0 Å². The number of imide groups is 1. The molecule has 3 aromatic rings. The second-order valence-electron chi connectivity index (χ2n) is 10.2. The fraction of sp³-hybridized carbons (Fsp3) is 0.323. The Labute approximate surface area is 226 Å². The fourth-order valence-corrected chi connectivity index (χ4v) is 6.51. The molecule has 0 radical (unpaired) electrons. The lowest BCUT2D eigenvalue weighted by molar-refractivity contribution is -0.153. The number of rotatable bonds is 7. The van der Waals surface area contributed by atoms with Crippen molar-refractivity contribution in [2.45, 2.75) is 36.8 Å². The number of carbonyl (C=O) groups excluding carboxylic acids is 3. The van der Waals surface area contributed by atoms with Gasteiger partial charge in [0.05, 0.1) is 31.8 Å². The summed E-state index contributed by atoms with van der Waals surface area (Å²) in [5.74, 6) is -1.83. The predicted octanol–water partition coefficient (Wildman–Crippen LogP) is 3.84. The van der Waals surface area contributed by atoms with Crippen LogP contribution in [0.4, 0.5) is 4.79 Å². The van der Waals surface area contributed by atoms with Crippen molar-refractivity contribution >= 4 is 17.9 Å². The monoisotopic (exact) mass is 526 g/mol. The van der Waals surface area contributed by atoms with Crippen LogP contribution in [0, 0.1) is 11.8 Å². The van der Waals surface area contributed by atoms with Crippen LogP contribution in [0.15, 0.2) is 91.0 Å². The zero-order valence-corrected chi connectivity index (χ0v) is 21.6. The molecule has 3 amide bonds. The van der Waals surface area contributed by atoms with Crippen LogP contribution in [-0.2, 0) is 29.4 Å². The Balaban J connectivity index is 1.39. The summed E-state index contributed by atoms with van der Waals surface area (Å²) in [6.07, 6.45) is -0.566. The van der Waals surface area contributed by atoms with Gasteiger partial charge in [0.25, 0.3) is 0 Å². The Morgan fingerprint density at radius 2 is 1.46 bits per heavy atom. The molecule has 200 valence electrons. The number of benzene rings is 3. The summed E-state index contributed by atoms with van der Waals surface area (Å²) < 4.78 is 18.5. The first-order valence-electron chi connectivity index (χ1n) is 13.2. The molecular formula is C31H30N2O6. The molecule has 0 aliphatic carbocycles. The van der Waals surface area contributed by atoms with E-state index in [9.17, 15) is 14.4 Å². The molecule has 2 bridgehead atoms. The van der Waals surface area contributed by atoms with Gasteiger partial charge in [0, 0.05) is 12.3 Å². The van der Waals surface area contributed by atoms with E-state index in [1.165, 1.54) is 12.0 Å². The lowest BCUT2D eigenvalue weighted by Gasteiger charge is -2.45. The van der Waals surface area contributed by atoms with Crippen LogP contribution in [0.1, 0.15) is 29.5 Å². The molecule has 5 atom stereocenters. The van der Waals surface area contributed by atoms with Gasteiger partial charge in [0.15, 0.2) is 0 Å². The third-order valence-electron chi connectivity index (χ3n) is 8.18. The molecule has 3 aliphatic heterocycles. The van der Waals surface area contributed by atoms with Gasteiger partial charge in [-0.25, -0.2) is 4.79 Å².